The Bertz CT molecular complexity index is 1900. The van der Waals surface area contributed by atoms with Crippen LogP contribution in [-0.4, -0.2) is 55.8 Å². The largest absolute Gasteiger partial charge is 0.440 e. The van der Waals surface area contributed by atoms with Gasteiger partial charge in [0.2, 0.25) is 17.8 Å². The highest BCUT2D eigenvalue weighted by molar-refractivity contribution is 6.04. The molecule has 48 heavy (non-hydrogen) atoms. The topological polar surface area (TPSA) is 151 Å². The molecule has 0 saturated carbocycles. The molecule has 4 aromatic rings. The zero-order valence-electron chi connectivity index (χ0n) is 26.0. The molecule has 3 aromatic heterocycles. The summed E-state index contributed by atoms with van der Waals surface area (Å²) in [5.41, 5.74) is -1.05. The molecule has 3 N–H and O–H groups in total. The summed E-state index contributed by atoms with van der Waals surface area (Å²) in [6.07, 6.45) is -1.57. The van der Waals surface area contributed by atoms with Gasteiger partial charge in [-0.05, 0) is 76.0 Å². The van der Waals surface area contributed by atoms with E-state index >= 15 is 0 Å². The van der Waals surface area contributed by atoms with E-state index in [4.69, 9.17) is 4.42 Å². The van der Waals surface area contributed by atoms with E-state index in [1.54, 1.807) is 12.1 Å². The van der Waals surface area contributed by atoms with E-state index in [0.717, 1.165) is 18.2 Å². The summed E-state index contributed by atoms with van der Waals surface area (Å²) in [6.45, 7) is 4.46. The zero-order chi connectivity index (χ0) is 34.4. The molecule has 1 unspecified atom stereocenters. The number of pyridine rings is 2. The van der Waals surface area contributed by atoms with Gasteiger partial charge in [0.25, 0.3) is 5.91 Å². The molecular weight excluding hydrogens is 636 g/mol. The van der Waals surface area contributed by atoms with Crippen LogP contribution in [0.1, 0.15) is 90.1 Å². The van der Waals surface area contributed by atoms with E-state index in [1.807, 2.05) is 0 Å². The Balaban J connectivity index is 1.16. The Morgan fingerprint density at radius 3 is 2.54 bits per heavy atom. The molecule has 0 radical (unpaired) electrons. The van der Waals surface area contributed by atoms with Crippen LogP contribution in [-0.2, 0) is 27.9 Å². The summed E-state index contributed by atoms with van der Waals surface area (Å²) in [6, 6.07) is 7.69. The summed E-state index contributed by atoms with van der Waals surface area (Å²) in [5.74, 6) is -2.46. The fourth-order valence-electron chi connectivity index (χ4n) is 6.09. The number of carbonyl (C=O) groups is 3. The van der Waals surface area contributed by atoms with Gasteiger partial charge in [0.1, 0.15) is 16.9 Å². The zero-order valence-corrected chi connectivity index (χ0v) is 26.0. The van der Waals surface area contributed by atoms with E-state index in [0.29, 0.717) is 60.5 Å². The van der Waals surface area contributed by atoms with Crippen molar-refractivity contribution in [2.45, 2.75) is 69.7 Å². The molecule has 1 atom stereocenters. The Kier molecular flexibility index (Phi) is 8.76. The third kappa shape index (κ3) is 7.06. The number of anilines is 1. The number of fused-ring (bicyclic) bond motifs is 1. The number of oxazole rings is 1. The first-order valence-corrected chi connectivity index (χ1v) is 15.4. The lowest BCUT2D eigenvalue weighted by atomic mass is 9.90. The molecule has 0 aliphatic carbocycles. The predicted octanol–water partition coefficient (Wildman–Crippen LogP) is 5.16. The van der Waals surface area contributed by atoms with Gasteiger partial charge in [0, 0.05) is 42.3 Å². The third-order valence-electron chi connectivity index (χ3n) is 8.63. The number of piperidine rings is 2. The minimum atomic E-state index is -4.73. The molecule has 2 fully saturated rings. The van der Waals surface area contributed by atoms with Crippen LogP contribution in [0.5, 0.6) is 0 Å². The second-order valence-corrected chi connectivity index (χ2v) is 12.6. The molecular formula is C33H32F4N6O5. The van der Waals surface area contributed by atoms with Gasteiger partial charge in [-0.1, -0.05) is 6.07 Å². The van der Waals surface area contributed by atoms with Crippen molar-refractivity contribution in [3.8, 4) is 0 Å². The second-order valence-electron chi connectivity index (χ2n) is 12.6. The summed E-state index contributed by atoms with van der Waals surface area (Å²) >= 11 is 0. The molecule has 15 heteroatoms. The van der Waals surface area contributed by atoms with E-state index < -0.39 is 46.8 Å². The average Bonchev–Trinajstić information content (AvgIpc) is 3.44. The van der Waals surface area contributed by atoms with Gasteiger partial charge in [-0.3, -0.25) is 24.6 Å². The van der Waals surface area contributed by atoms with Crippen LogP contribution in [0, 0.1) is 5.95 Å². The SMILES string of the molecule is CC(C)(O)c1cc2nc(C3CCN(Cc4cc(C5CCC(=O)NC5=O)cnc4F)CC3)oc2cc1NC(=O)c1cccc(C(F)(F)F)n1. The molecule has 1 aromatic carbocycles. The fourth-order valence-corrected chi connectivity index (χ4v) is 6.09. The van der Waals surface area contributed by atoms with Crippen molar-refractivity contribution in [1.82, 2.24) is 25.2 Å². The van der Waals surface area contributed by atoms with Crippen LogP contribution in [0.2, 0.25) is 0 Å². The Labute approximate surface area is 271 Å². The standard InChI is InChI=1S/C33H32F4N6O5/c1-32(2,47)21-13-24-25(14-23(21)40-30(46)22-4-3-5-26(39-22)33(35,36)37)48-31(41-24)17-8-10-43(11-9-17)16-19-12-18(15-38-28(19)34)20-6-7-27(44)42-29(20)45/h3-5,12-15,17,20,47H,6-11,16H2,1-2H3,(H,40,46)(H,42,44,45). The number of aromatic nitrogens is 3. The first-order valence-electron chi connectivity index (χ1n) is 15.4. The van der Waals surface area contributed by atoms with Crippen molar-refractivity contribution < 1.29 is 41.5 Å². The Morgan fingerprint density at radius 2 is 1.85 bits per heavy atom. The minimum Gasteiger partial charge on any atom is -0.440 e. The normalized spacial score (nSPS) is 18.3. The van der Waals surface area contributed by atoms with Gasteiger partial charge in [-0.15, -0.1) is 0 Å². The number of benzene rings is 1. The van der Waals surface area contributed by atoms with Crippen LogP contribution in [0.4, 0.5) is 23.2 Å². The lowest BCUT2D eigenvalue weighted by molar-refractivity contribution is -0.141. The van der Waals surface area contributed by atoms with Crippen molar-refractivity contribution in [2.75, 3.05) is 18.4 Å². The Hall–Kier alpha value is -4.76. The quantitative estimate of drug-likeness (QED) is 0.138. The van der Waals surface area contributed by atoms with Crippen molar-refractivity contribution in [3.63, 3.8) is 0 Å². The van der Waals surface area contributed by atoms with Gasteiger partial charge < -0.3 is 14.8 Å². The fraction of sp³-hybridized carbons (Fsp3) is 0.394. The smallest absolute Gasteiger partial charge is 0.433 e. The van der Waals surface area contributed by atoms with Gasteiger partial charge in [0.15, 0.2) is 11.5 Å². The van der Waals surface area contributed by atoms with Crippen LogP contribution in [0.15, 0.2) is 47.0 Å². The molecule has 0 bridgehead atoms. The number of carbonyl (C=O) groups excluding carboxylic acids is 3. The number of hydrogen-bond acceptors (Lipinski definition) is 9. The van der Waals surface area contributed by atoms with Gasteiger partial charge in [-0.25, -0.2) is 15.0 Å². The lowest BCUT2D eigenvalue weighted by Gasteiger charge is -2.30. The lowest BCUT2D eigenvalue weighted by Crippen LogP contribution is -2.39. The minimum absolute atomic E-state index is 0.0793. The number of halogens is 4. The summed E-state index contributed by atoms with van der Waals surface area (Å²) in [5, 5.41) is 15.7. The van der Waals surface area contributed by atoms with Crippen LogP contribution < -0.4 is 10.6 Å². The molecule has 5 heterocycles. The second kappa shape index (κ2) is 12.7. The van der Waals surface area contributed by atoms with E-state index in [9.17, 15) is 37.1 Å². The van der Waals surface area contributed by atoms with Crippen molar-refractivity contribution in [1.29, 1.82) is 0 Å². The summed E-state index contributed by atoms with van der Waals surface area (Å²) < 4.78 is 60.2. The van der Waals surface area contributed by atoms with Crippen LogP contribution in [0.3, 0.4) is 0 Å². The number of aliphatic hydroxyl groups is 1. The number of hydrogen-bond donors (Lipinski definition) is 3. The first kappa shape index (κ1) is 33.2. The van der Waals surface area contributed by atoms with E-state index in [2.05, 4.69) is 30.5 Å². The highest BCUT2D eigenvalue weighted by Gasteiger charge is 2.34. The molecule has 6 rings (SSSR count). The summed E-state index contributed by atoms with van der Waals surface area (Å²) in [7, 11) is 0. The maximum absolute atomic E-state index is 14.7. The molecule has 252 valence electrons. The number of nitrogens with one attached hydrogen (secondary N) is 2. The average molecular weight is 669 g/mol. The third-order valence-corrected chi connectivity index (χ3v) is 8.63. The predicted molar refractivity (Wildman–Crippen MR) is 163 cm³/mol. The van der Waals surface area contributed by atoms with Crippen LogP contribution in [0.25, 0.3) is 11.1 Å². The molecule has 2 aliphatic heterocycles. The highest BCUT2D eigenvalue weighted by atomic mass is 19.4. The van der Waals surface area contributed by atoms with Crippen molar-refractivity contribution in [3.05, 3.63) is 82.5 Å². The molecule has 0 spiro atoms. The first-order chi connectivity index (χ1) is 22.7. The maximum atomic E-state index is 14.7. The number of amides is 3. The van der Waals surface area contributed by atoms with Gasteiger partial charge in [-0.2, -0.15) is 17.6 Å². The van der Waals surface area contributed by atoms with Crippen molar-refractivity contribution in [2.24, 2.45) is 0 Å². The monoisotopic (exact) mass is 668 g/mol. The molecule has 3 amide bonds. The van der Waals surface area contributed by atoms with Gasteiger partial charge >= 0.3 is 6.18 Å². The molecule has 2 aliphatic rings. The maximum Gasteiger partial charge on any atom is 0.433 e. The van der Waals surface area contributed by atoms with Crippen molar-refractivity contribution >= 4 is 34.5 Å². The number of likely N-dealkylation sites (tertiary alicyclic amines) is 1. The van der Waals surface area contributed by atoms with E-state index in [1.165, 1.54) is 26.1 Å². The number of rotatable bonds is 7. The molecule has 2 saturated heterocycles. The number of nitrogens with zero attached hydrogens (tertiary/aromatic N) is 4. The number of imide groups is 1. The molecule has 11 nitrogen and oxygen atoms in total. The summed E-state index contributed by atoms with van der Waals surface area (Å²) in [4.78, 5) is 50.8. The number of alkyl halides is 3. The van der Waals surface area contributed by atoms with Crippen LogP contribution >= 0.6 is 0 Å². The highest BCUT2D eigenvalue weighted by Crippen LogP contribution is 2.36. The Morgan fingerprint density at radius 1 is 1.10 bits per heavy atom. The van der Waals surface area contributed by atoms with E-state index in [-0.39, 0.29) is 36.0 Å². The van der Waals surface area contributed by atoms with Gasteiger partial charge in [0.05, 0.1) is 17.2 Å².